The van der Waals surface area contributed by atoms with Crippen molar-refractivity contribution in [3.8, 4) is 0 Å². The number of rotatable bonds is 5. The average Bonchev–Trinajstić information content (AvgIpc) is 2.28. The fraction of sp³-hybridized carbons (Fsp3) is 0.364. The maximum atomic E-state index is 12.9. The van der Waals surface area contributed by atoms with Gasteiger partial charge in [-0.15, -0.1) is 0 Å². The first-order chi connectivity index (χ1) is 8.41. The average molecular weight is 256 g/mol. The molecular formula is C11H13FN2O4. The Balaban J connectivity index is 2.82. The van der Waals surface area contributed by atoms with Gasteiger partial charge in [0.05, 0.1) is 17.6 Å². The number of hydrogen-bond donors (Lipinski definition) is 1. The number of amides is 1. The molecule has 0 fully saturated rings. The Morgan fingerprint density at radius 2 is 2.22 bits per heavy atom. The molecule has 1 N–H and O–H groups in total. The first-order valence-electron chi connectivity index (χ1n) is 5.28. The fourth-order valence-corrected chi connectivity index (χ4v) is 1.18. The fourth-order valence-electron chi connectivity index (χ4n) is 1.18. The molecule has 0 spiro atoms. The lowest BCUT2D eigenvalue weighted by molar-refractivity contribution is -0.385. The van der Waals surface area contributed by atoms with Crippen molar-refractivity contribution in [1.82, 2.24) is 5.48 Å². The number of hydrogen-bond acceptors (Lipinski definition) is 4. The van der Waals surface area contributed by atoms with Crippen LogP contribution in [0.3, 0.4) is 0 Å². The summed E-state index contributed by atoms with van der Waals surface area (Å²) in [7, 11) is 0. The molecule has 98 valence electrons. The Labute approximate surface area is 103 Å². The smallest absolute Gasteiger partial charge is 0.273 e. The van der Waals surface area contributed by atoms with Crippen molar-refractivity contribution in [3.63, 3.8) is 0 Å². The van der Waals surface area contributed by atoms with Crippen LogP contribution in [0.15, 0.2) is 18.2 Å². The predicted octanol–water partition coefficient (Wildman–Crippen LogP) is 2.05. The SMILES string of the molecule is CC(C)CONC(=O)c1ccc(F)cc1[N+](=O)[O-]. The molecule has 0 aliphatic heterocycles. The Kier molecular flexibility index (Phi) is 4.73. The first kappa shape index (κ1) is 14.0. The molecule has 0 atom stereocenters. The number of carbonyl (C=O) groups excluding carboxylic acids is 1. The zero-order chi connectivity index (χ0) is 13.7. The van der Waals surface area contributed by atoms with Gasteiger partial charge < -0.3 is 0 Å². The second kappa shape index (κ2) is 6.06. The van der Waals surface area contributed by atoms with E-state index in [4.69, 9.17) is 4.84 Å². The van der Waals surface area contributed by atoms with Gasteiger partial charge in [-0.05, 0) is 18.1 Å². The van der Waals surface area contributed by atoms with Gasteiger partial charge in [0, 0.05) is 0 Å². The zero-order valence-electron chi connectivity index (χ0n) is 9.97. The molecular weight excluding hydrogens is 243 g/mol. The molecule has 0 unspecified atom stereocenters. The van der Waals surface area contributed by atoms with Crippen molar-refractivity contribution in [1.29, 1.82) is 0 Å². The van der Waals surface area contributed by atoms with Crippen LogP contribution in [0.2, 0.25) is 0 Å². The van der Waals surface area contributed by atoms with E-state index in [9.17, 15) is 19.3 Å². The summed E-state index contributed by atoms with van der Waals surface area (Å²) in [6.45, 7) is 4.04. The van der Waals surface area contributed by atoms with Crippen molar-refractivity contribution in [2.24, 2.45) is 5.92 Å². The standard InChI is InChI=1S/C11H13FN2O4/c1-7(2)6-18-13-11(15)9-4-3-8(12)5-10(9)14(16)17/h3-5,7H,6H2,1-2H3,(H,13,15). The van der Waals surface area contributed by atoms with E-state index in [-0.39, 0.29) is 18.1 Å². The van der Waals surface area contributed by atoms with E-state index in [0.29, 0.717) is 6.07 Å². The van der Waals surface area contributed by atoms with E-state index in [2.05, 4.69) is 5.48 Å². The minimum atomic E-state index is -0.819. The van der Waals surface area contributed by atoms with Gasteiger partial charge in [-0.25, -0.2) is 9.87 Å². The maximum absolute atomic E-state index is 12.9. The van der Waals surface area contributed by atoms with Crippen LogP contribution in [0.1, 0.15) is 24.2 Å². The summed E-state index contributed by atoms with van der Waals surface area (Å²) in [5.74, 6) is -1.35. The van der Waals surface area contributed by atoms with Crippen molar-refractivity contribution in [2.75, 3.05) is 6.61 Å². The van der Waals surface area contributed by atoms with Gasteiger partial charge >= 0.3 is 0 Å². The summed E-state index contributed by atoms with van der Waals surface area (Å²) in [5, 5.41) is 10.7. The highest BCUT2D eigenvalue weighted by Crippen LogP contribution is 2.19. The zero-order valence-corrected chi connectivity index (χ0v) is 9.97. The van der Waals surface area contributed by atoms with E-state index in [0.717, 1.165) is 12.1 Å². The number of nitrogens with one attached hydrogen (secondary N) is 1. The largest absolute Gasteiger partial charge is 0.285 e. The molecule has 6 nitrogen and oxygen atoms in total. The summed E-state index contributed by atoms with van der Waals surface area (Å²) in [6, 6.07) is 2.71. The van der Waals surface area contributed by atoms with Crippen molar-refractivity contribution < 1.29 is 18.9 Å². The van der Waals surface area contributed by atoms with Crippen LogP contribution in [-0.2, 0) is 4.84 Å². The highest BCUT2D eigenvalue weighted by Gasteiger charge is 2.21. The number of hydroxylamine groups is 1. The minimum absolute atomic E-state index is 0.202. The van der Waals surface area contributed by atoms with E-state index in [1.165, 1.54) is 0 Å². The van der Waals surface area contributed by atoms with Gasteiger partial charge in [-0.2, -0.15) is 0 Å². The summed E-state index contributed by atoms with van der Waals surface area (Å²) >= 11 is 0. The van der Waals surface area contributed by atoms with Crippen LogP contribution in [0.25, 0.3) is 0 Å². The third-order valence-corrected chi connectivity index (χ3v) is 1.98. The number of nitro benzene ring substituents is 1. The number of benzene rings is 1. The van der Waals surface area contributed by atoms with E-state index < -0.39 is 22.3 Å². The lowest BCUT2D eigenvalue weighted by Gasteiger charge is -2.08. The van der Waals surface area contributed by atoms with Crippen LogP contribution in [-0.4, -0.2) is 17.4 Å². The van der Waals surface area contributed by atoms with Crippen molar-refractivity contribution in [3.05, 3.63) is 39.7 Å². The molecule has 1 aromatic carbocycles. The lowest BCUT2D eigenvalue weighted by atomic mass is 10.1. The Morgan fingerprint density at radius 1 is 1.56 bits per heavy atom. The molecule has 0 aliphatic rings. The quantitative estimate of drug-likeness (QED) is 0.645. The number of nitro groups is 1. The van der Waals surface area contributed by atoms with E-state index in [1.54, 1.807) is 0 Å². The number of carbonyl (C=O) groups is 1. The Hall–Kier alpha value is -2.02. The Morgan fingerprint density at radius 3 is 2.78 bits per heavy atom. The molecule has 1 amide bonds. The van der Waals surface area contributed by atoms with Crippen LogP contribution >= 0.6 is 0 Å². The summed E-state index contributed by atoms with van der Waals surface area (Å²) in [5.41, 5.74) is 1.24. The second-order valence-corrected chi connectivity index (χ2v) is 4.05. The Bertz CT molecular complexity index is 462. The normalized spacial score (nSPS) is 10.4. The molecule has 0 radical (unpaired) electrons. The molecule has 0 saturated heterocycles. The molecule has 0 bridgehead atoms. The third kappa shape index (κ3) is 3.77. The summed E-state index contributed by atoms with van der Waals surface area (Å²) < 4.78 is 12.9. The molecule has 1 aromatic rings. The highest BCUT2D eigenvalue weighted by molar-refractivity contribution is 5.97. The minimum Gasteiger partial charge on any atom is -0.273 e. The van der Waals surface area contributed by atoms with Gasteiger partial charge in [-0.3, -0.25) is 19.7 Å². The molecule has 18 heavy (non-hydrogen) atoms. The number of nitrogens with zero attached hydrogens (tertiary/aromatic N) is 1. The summed E-state index contributed by atoms with van der Waals surface area (Å²) in [4.78, 5) is 26.3. The lowest BCUT2D eigenvalue weighted by Crippen LogP contribution is -2.26. The molecule has 1 rings (SSSR count). The van der Waals surface area contributed by atoms with E-state index >= 15 is 0 Å². The van der Waals surface area contributed by atoms with Gasteiger partial charge in [-0.1, -0.05) is 13.8 Å². The van der Waals surface area contributed by atoms with Crippen LogP contribution < -0.4 is 5.48 Å². The maximum Gasteiger partial charge on any atom is 0.285 e. The molecule has 7 heteroatoms. The van der Waals surface area contributed by atoms with E-state index in [1.807, 2.05) is 13.8 Å². The van der Waals surface area contributed by atoms with Gasteiger partial charge in [0.1, 0.15) is 11.4 Å². The van der Waals surface area contributed by atoms with Gasteiger partial charge in [0.25, 0.3) is 11.6 Å². The van der Waals surface area contributed by atoms with Gasteiger partial charge in [0.2, 0.25) is 0 Å². The first-order valence-corrected chi connectivity index (χ1v) is 5.28. The van der Waals surface area contributed by atoms with Crippen molar-refractivity contribution in [2.45, 2.75) is 13.8 Å². The third-order valence-electron chi connectivity index (χ3n) is 1.98. The molecule has 0 aliphatic carbocycles. The molecule has 0 heterocycles. The number of halogens is 1. The van der Waals surface area contributed by atoms with Crippen LogP contribution in [0, 0.1) is 21.8 Å². The van der Waals surface area contributed by atoms with Crippen LogP contribution in [0.5, 0.6) is 0 Å². The van der Waals surface area contributed by atoms with Gasteiger partial charge in [0.15, 0.2) is 0 Å². The monoisotopic (exact) mass is 256 g/mol. The predicted molar refractivity (Wildman–Crippen MR) is 61.3 cm³/mol. The molecule has 0 saturated carbocycles. The summed E-state index contributed by atoms with van der Waals surface area (Å²) in [6.07, 6.45) is 0. The topological polar surface area (TPSA) is 81.5 Å². The van der Waals surface area contributed by atoms with Crippen LogP contribution in [0.4, 0.5) is 10.1 Å². The van der Waals surface area contributed by atoms with Crippen molar-refractivity contribution >= 4 is 11.6 Å². The molecule has 0 aromatic heterocycles. The highest BCUT2D eigenvalue weighted by atomic mass is 19.1. The second-order valence-electron chi connectivity index (χ2n) is 4.05.